The van der Waals surface area contributed by atoms with Crippen molar-refractivity contribution in [1.82, 2.24) is 24.9 Å². The molecule has 2 amide bonds. The fourth-order valence-electron chi connectivity index (χ4n) is 3.19. The predicted octanol–water partition coefficient (Wildman–Crippen LogP) is 1.37. The third kappa shape index (κ3) is 4.31. The molecule has 3 rings (SSSR count). The number of aryl methyl sites for hydroxylation is 1. The van der Waals surface area contributed by atoms with Gasteiger partial charge in [0.2, 0.25) is 5.91 Å². The van der Waals surface area contributed by atoms with Gasteiger partial charge in [0.15, 0.2) is 0 Å². The van der Waals surface area contributed by atoms with Gasteiger partial charge < -0.3 is 15.1 Å². The van der Waals surface area contributed by atoms with Gasteiger partial charge in [0.25, 0.3) is 5.91 Å². The average molecular weight is 414 g/mol. The number of nitrogens with one attached hydrogen (secondary N) is 1. The molecule has 1 fully saturated rings. The van der Waals surface area contributed by atoms with Crippen molar-refractivity contribution in [1.29, 1.82) is 0 Å². The van der Waals surface area contributed by atoms with E-state index in [1.165, 1.54) is 11.0 Å². The first kappa shape index (κ1) is 21.8. The quantitative estimate of drug-likeness (QED) is 0.821. The summed E-state index contributed by atoms with van der Waals surface area (Å²) in [6, 6.07) is 2.79. The zero-order valence-corrected chi connectivity index (χ0v) is 16.4. The van der Waals surface area contributed by atoms with Crippen LogP contribution in [-0.2, 0) is 11.8 Å². The van der Waals surface area contributed by atoms with Crippen LogP contribution in [0.15, 0.2) is 30.6 Å². The van der Waals surface area contributed by atoms with E-state index >= 15 is 0 Å². The van der Waals surface area contributed by atoms with Crippen molar-refractivity contribution in [2.24, 2.45) is 7.05 Å². The number of rotatable bonds is 4. The molecule has 1 aliphatic heterocycles. The summed E-state index contributed by atoms with van der Waals surface area (Å²) in [7, 11) is 3.46. The lowest BCUT2D eigenvalue weighted by Crippen LogP contribution is -2.53. The maximum Gasteiger partial charge on any atom is 0.259 e. The van der Waals surface area contributed by atoms with E-state index in [1.54, 1.807) is 36.1 Å². The van der Waals surface area contributed by atoms with Crippen molar-refractivity contribution in [2.45, 2.75) is 6.04 Å². The lowest BCUT2D eigenvalue weighted by molar-refractivity contribution is -0.135. The predicted molar refractivity (Wildman–Crippen MR) is 101 cm³/mol. The second-order valence-electron chi connectivity index (χ2n) is 6.38. The molecule has 28 heavy (non-hydrogen) atoms. The molecular weight excluding hydrogens is 392 g/mol. The van der Waals surface area contributed by atoms with Crippen LogP contribution in [0, 0.1) is 11.6 Å². The lowest BCUT2D eigenvalue weighted by Gasteiger charge is -2.36. The molecule has 1 aromatic heterocycles. The van der Waals surface area contributed by atoms with Crippen molar-refractivity contribution in [2.75, 3.05) is 33.2 Å². The van der Waals surface area contributed by atoms with E-state index in [2.05, 4.69) is 10.4 Å². The van der Waals surface area contributed by atoms with Crippen LogP contribution in [0.2, 0.25) is 0 Å². The Labute approximate surface area is 167 Å². The van der Waals surface area contributed by atoms with Crippen molar-refractivity contribution in [3.8, 4) is 0 Å². The Morgan fingerprint density at radius 3 is 2.18 bits per heavy atom. The van der Waals surface area contributed by atoms with Crippen LogP contribution in [0.3, 0.4) is 0 Å². The highest BCUT2D eigenvalue weighted by Gasteiger charge is 2.31. The fraction of sp³-hybridized carbons (Fsp3) is 0.389. The maximum absolute atomic E-state index is 13.8. The van der Waals surface area contributed by atoms with E-state index in [9.17, 15) is 18.4 Å². The Morgan fingerprint density at radius 1 is 1.11 bits per heavy atom. The molecule has 7 nitrogen and oxygen atoms in total. The molecule has 2 aromatic rings. The van der Waals surface area contributed by atoms with E-state index in [0.29, 0.717) is 13.1 Å². The van der Waals surface area contributed by atoms with Crippen LogP contribution in [0.5, 0.6) is 0 Å². The zero-order chi connectivity index (χ0) is 19.6. The number of amides is 2. The van der Waals surface area contributed by atoms with Gasteiger partial charge in [-0.25, -0.2) is 8.78 Å². The Bertz CT molecular complexity index is 832. The maximum atomic E-state index is 13.8. The molecule has 0 saturated carbocycles. The summed E-state index contributed by atoms with van der Waals surface area (Å²) >= 11 is 0. The van der Waals surface area contributed by atoms with Gasteiger partial charge in [0, 0.05) is 45.0 Å². The minimum Gasteiger partial charge on any atom is -0.337 e. The van der Waals surface area contributed by atoms with E-state index in [0.717, 1.165) is 17.7 Å². The van der Waals surface area contributed by atoms with Gasteiger partial charge in [-0.3, -0.25) is 14.3 Å². The summed E-state index contributed by atoms with van der Waals surface area (Å²) in [5.41, 5.74) is 0.192. The topological polar surface area (TPSA) is 70.5 Å². The molecule has 0 bridgehead atoms. The van der Waals surface area contributed by atoms with Crippen LogP contribution >= 0.6 is 12.4 Å². The highest BCUT2D eigenvalue weighted by molar-refractivity contribution is 5.95. The summed E-state index contributed by atoms with van der Waals surface area (Å²) in [6.45, 7) is 1.00. The molecule has 0 spiro atoms. The number of hydrogen-bond donors (Lipinski definition) is 1. The largest absolute Gasteiger partial charge is 0.337 e. The normalized spacial score (nSPS) is 15.1. The summed E-state index contributed by atoms with van der Waals surface area (Å²) in [5, 5.41) is 7.06. The first-order valence-corrected chi connectivity index (χ1v) is 8.60. The van der Waals surface area contributed by atoms with Crippen molar-refractivity contribution < 1.29 is 18.4 Å². The minimum atomic E-state index is -0.884. The molecule has 1 N–H and O–H groups in total. The third-order valence-corrected chi connectivity index (χ3v) is 4.65. The van der Waals surface area contributed by atoms with Crippen LogP contribution in [0.4, 0.5) is 8.78 Å². The summed E-state index contributed by atoms with van der Waals surface area (Å²) in [4.78, 5) is 28.2. The molecule has 1 atom stereocenters. The van der Waals surface area contributed by atoms with E-state index in [-0.39, 0.29) is 31.4 Å². The van der Waals surface area contributed by atoms with Crippen LogP contribution in [0.1, 0.15) is 22.0 Å². The lowest BCUT2D eigenvalue weighted by atomic mass is 10.1. The number of benzene rings is 1. The molecular formula is C18H22ClF2N5O2. The molecule has 152 valence electrons. The SMILES string of the molecule is CNC(C(=O)N1CCN(C(=O)c2c(F)cccc2F)CC1)c1cnn(C)c1.Cl. The Balaban J connectivity index is 0.00000280. The third-order valence-electron chi connectivity index (χ3n) is 4.65. The van der Waals surface area contributed by atoms with E-state index in [4.69, 9.17) is 0 Å². The monoisotopic (exact) mass is 413 g/mol. The minimum absolute atomic E-state index is 0. The Hall–Kier alpha value is -2.52. The second-order valence-corrected chi connectivity index (χ2v) is 6.38. The Kier molecular flexibility index (Phi) is 7.09. The standard InChI is InChI=1S/C18H21F2N5O2.ClH/c1-21-16(12-10-22-23(2)11-12)18(27)25-8-6-24(7-9-25)17(26)15-13(19)4-3-5-14(15)20;/h3-5,10-11,16,21H,6-9H2,1-2H3;1H. The summed E-state index contributed by atoms with van der Waals surface area (Å²) in [6.07, 6.45) is 3.39. The number of carbonyl (C=O) groups excluding carboxylic acids is 2. The fourth-order valence-corrected chi connectivity index (χ4v) is 3.19. The number of likely N-dealkylation sites (N-methyl/N-ethyl adjacent to an activating group) is 1. The molecule has 1 unspecified atom stereocenters. The number of aromatic nitrogens is 2. The highest BCUT2D eigenvalue weighted by atomic mass is 35.5. The molecule has 0 radical (unpaired) electrons. The molecule has 2 heterocycles. The van der Waals surface area contributed by atoms with Crippen LogP contribution in [0.25, 0.3) is 0 Å². The number of nitrogens with zero attached hydrogens (tertiary/aromatic N) is 4. The van der Waals surface area contributed by atoms with Gasteiger partial charge >= 0.3 is 0 Å². The van der Waals surface area contributed by atoms with Gasteiger partial charge in [0.1, 0.15) is 23.2 Å². The van der Waals surface area contributed by atoms with Gasteiger partial charge in [0.05, 0.1) is 6.20 Å². The molecule has 1 saturated heterocycles. The number of carbonyl (C=O) groups is 2. The first-order chi connectivity index (χ1) is 12.9. The molecule has 1 aliphatic rings. The molecule has 10 heteroatoms. The molecule has 1 aromatic carbocycles. The number of hydrogen-bond acceptors (Lipinski definition) is 4. The summed E-state index contributed by atoms with van der Waals surface area (Å²) < 4.78 is 29.3. The zero-order valence-electron chi connectivity index (χ0n) is 15.6. The average Bonchev–Trinajstić information content (AvgIpc) is 3.08. The van der Waals surface area contributed by atoms with Gasteiger partial charge in [-0.1, -0.05) is 6.07 Å². The second kappa shape index (κ2) is 9.11. The van der Waals surface area contributed by atoms with Crippen molar-refractivity contribution in [3.63, 3.8) is 0 Å². The highest BCUT2D eigenvalue weighted by Crippen LogP contribution is 2.19. The van der Waals surface area contributed by atoms with Crippen molar-refractivity contribution >= 4 is 24.2 Å². The van der Waals surface area contributed by atoms with Crippen molar-refractivity contribution in [3.05, 3.63) is 53.4 Å². The van der Waals surface area contributed by atoms with Gasteiger partial charge in [-0.15, -0.1) is 12.4 Å². The van der Waals surface area contributed by atoms with Crippen LogP contribution in [-0.4, -0.2) is 64.6 Å². The van der Waals surface area contributed by atoms with Crippen LogP contribution < -0.4 is 5.32 Å². The van der Waals surface area contributed by atoms with E-state index < -0.39 is 29.1 Å². The van der Waals surface area contributed by atoms with Gasteiger partial charge in [-0.2, -0.15) is 5.10 Å². The smallest absolute Gasteiger partial charge is 0.259 e. The first-order valence-electron chi connectivity index (χ1n) is 8.60. The van der Waals surface area contributed by atoms with Gasteiger partial charge in [-0.05, 0) is 19.2 Å². The number of piperazine rings is 1. The number of halogens is 3. The Morgan fingerprint density at radius 2 is 1.68 bits per heavy atom. The molecule has 0 aliphatic carbocycles. The summed E-state index contributed by atoms with van der Waals surface area (Å²) in [5.74, 6) is -2.60. The van der Waals surface area contributed by atoms with E-state index in [1.807, 2.05) is 0 Å².